The van der Waals surface area contributed by atoms with Gasteiger partial charge in [0.15, 0.2) is 0 Å². The molecule has 4 aliphatic rings. The lowest BCUT2D eigenvalue weighted by Crippen LogP contribution is -2.65. The van der Waals surface area contributed by atoms with Gasteiger partial charge in [0.1, 0.15) is 0 Å². The molecule has 3 heteroatoms. The van der Waals surface area contributed by atoms with E-state index < -0.39 is 0 Å². The fourth-order valence-corrected chi connectivity index (χ4v) is 4.73. The molecule has 4 fully saturated rings. The van der Waals surface area contributed by atoms with Gasteiger partial charge >= 0.3 is 0 Å². The summed E-state index contributed by atoms with van der Waals surface area (Å²) in [6.45, 7) is 2.05. The van der Waals surface area contributed by atoms with E-state index in [9.17, 15) is 0 Å². The van der Waals surface area contributed by atoms with Crippen LogP contribution in [0, 0.1) is 11.3 Å². The SMILES string of the molecule is NC1CC2CCC(C3CC4(COC4)C3)(C1)N2. The molecule has 3 N–H and O–H groups in total. The van der Waals surface area contributed by atoms with E-state index in [0.717, 1.165) is 25.2 Å². The third-order valence-corrected chi connectivity index (χ3v) is 5.60. The van der Waals surface area contributed by atoms with E-state index in [1.165, 1.54) is 38.5 Å². The van der Waals surface area contributed by atoms with Gasteiger partial charge < -0.3 is 15.8 Å². The average molecular weight is 222 g/mol. The summed E-state index contributed by atoms with van der Waals surface area (Å²) in [5.74, 6) is 0.882. The van der Waals surface area contributed by atoms with Crippen LogP contribution in [0.15, 0.2) is 0 Å². The molecule has 16 heavy (non-hydrogen) atoms. The Balaban J connectivity index is 1.50. The Kier molecular flexibility index (Phi) is 1.85. The van der Waals surface area contributed by atoms with Crippen LogP contribution in [0.1, 0.15) is 38.5 Å². The lowest BCUT2D eigenvalue weighted by Gasteiger charge is -2.59. The molecule has 2 bridgehead atoms. The molecule has 4 rings (SSSR count). The quantitative estimate of drug-likeness (QED) is 0.696. The van der Waals surface area contributed by atoms with Gasteiger partial charge in [0.25, 0.3) is 0 Å². The van der Waals surface area contributed by atoms with Gasteiger partial charge in [-0.3, -0.25) is 0 Å². The highest BCUT2D eigenvalue weighted by molar-refractivity contribution is 5.14. The van der Waals surface area contributed by atoms with Crippen molar-refractivity contribution in [3.05, 3.63) is 0 Å². The zero-order chi connectivity index (χ0) is 10.8. The Hall–Kier alpha value is -0.120. The smallest absolute Gasteiger partial charge is 0.0545 e. The van der Waals surface area contributed by atoms with Crippen molar-refractivity contribution in [1.29, 1.82) is 0 Å². The molecule has 1 saturated carbocycles. The second kappa shape index (κ2) is 3.01. The van der Waals surface area contributed by atoms with Crippen molar-refractivity contribution in [3.63, 3.8) is 0 Å². The molecule has 0 amide bonds. The summed E-state index contributed by atoms with van der Waals surface area (Å²) in [5, 5.41) is 3.90. The topological polar surface area (TPSA) is 47.3 Å². The number of nitrogens with two attached hydrogens (primary N) is 1. The van der Waals surface area contributed by atoms with E-state index in [0.29, 0.717) is 17.0 Å². The molecule has 3 unspecified atom stereocenters. The van der Waals surface area contributed by atoms with E-state index in [1.807, 2.05) is 0 Å². The summed E-state index contributed by atoms with van der Waals surface area (Å²) in [6.07, 6.45) is 7.91. The van der Waals surface area contributed by atoms with Gasteiger partial charge in [-0.2, -0.15) is 0 Å². The number of piperidine rings is 1. The number of nitrogens with one attached hydrogen (secondary N) is 1. The first-order chi connectivity index (χ1) is 7.70. The third kappa shape index (κ3) is 1.20. The first-order valence-corrected chi connectivity index (χ1v) is 6.81. The maximum absolute atomic E-state index is 6.21. The molecular formula is C13H22N2O. The number of ether oxygens (including phenoxy) is 1. The summed E-state index contributed by atoms with van der Waals surface area (Å²) in [6, 6.07) is 1.17. The molecule has 1 spiro atoms. The van der Waals surface area contributed by atoms with E-state index in [2.05, 4.69) is 5.32 Å². The van der Waals surface area contributed by atoms with Crippen LogP contribution in [0.4, 0.5) is 0 Å². The highest BCUT2D eigenvalue weighted by Gasteiger charge is 2.59. The Bertz CT molecular complexity index is 307. The molecular weight excluding hydrogens is 200 g/mol. The van der Waals surface area contributed by atoms with Gasteiger partial charge in [-0.1, -0.05) is 0 Å². The molecule has 3 aliphatic heterocycles. The van der Waals surface area contributed by atoms with Crippen LogP contribution in [-0.4, -0.2) is 30.8 Å². The van der Waals surface area contributed by atoms with Crippen LogP contribution in [0.3, 0.4) is 0 Å². The minimum Gasteiger partial charge on any atom is -0.380 e. The molecule has 3 heterocycles. The van der Waals surface area contributed by atoms with E-state index in [1.54, 1.807) is 0 Å². The Morgan fingerprint density at radius 3 is 2.69 bits per heavy atom. The number of fused-ring (bicyclic) bond motifs is 2. The monoisotopic (exact) mass is 222 g/mol. The molecule has 0 aromatic rings. The van der Waals surface area contributed by atoms with Crippen LogP contribution < -0.4 is 11.1 Å². The van der Waals surface area contributed by atoms with E-state index in [-0.39, 0.29) is 0 Å². The van der Waals surface area contributed by atoms with Gasteiger partial charge in [-0.15, -0.1) is 0 Å². The molecule has 0 radical (unpaired) electrons. The maximum Gasteiger partial charge on any atom is 0.0545 e. The minimum atomic E-state index is 0.420. The number of hydrogen-bond donors (Lipinski definition) is 2. The Labute approximate surface area is 97.1 Å². The average Bonchev–Trinajstić information content (AvgIpc) is 2.37. The largest absolute Gasteiger partial charge is 0.380 e. The van der Waals surface area contributed by atoms with E-state index in [4.69, 9.17) is 10.5 Å². The van der Waals surface area contributed by atoms with Gasteiger partial charge in [0, 0.05) is 23.0 Å². The summed E-state index contributed by atoms with van der Waals surface area (Å²) in [4.78, 5) is 0. The minimum absolute atomic E-state index is 0.420. The van der Waals surface area contributed by atoms with Crippen molar-refractivity contribution in [2.75, 3.05) is 13.2 Å². The second-order valence-corrected chi connectivity index (χ2v) is 6.83. The van der Waals surface area contributed by atoms with Gasteiger partial charge in [0.05, 0.1) is 13.2 Å². The Morgan fingerprint density at radius 1 is 1.19 bits per heavy atom. The highest BCUT2D eigenvalue weighted by atomic mass is 16.5. The molecule has 0 aromatic heterocycles. The molecule has 3 saturated heterocycles. The van der Waals surface area contributed by atoms with Gasteiger partial charge in [-0.25, -0.2) is 0 Å². The number of rotatable bonds is 1. The fourth-order valence-electron chi connectivity index (χ4n) is 4.73. The third-order valence-electron chi connectivity index (χ3n) is 5.60. The summed E-state index contributed by atoms with van der Waals surface area (Å²) in [7, 11) is 0. The number of hydrogen-bond acceptors (Lipinski definition) is 3. The molecule has 90 valence electrons. The fraction of sp³-hybridized carbons (Fsp3) is 1.00. The lowest BCUT2D eigenvalue weighted by molar-refractivity contribution is -0.193. The van der Waals surface area contributed by atoms with Crippen molar-refractivity contribution >= 4 is 0 Å². The van der Waals surface area contributed by atoms with Crippen molar-refractivity contribution in [3.8, 4) is 0 Å². The predicted octanol–water partition coefficient (Wildman–Crippen LogP) is 1.02. The predicted molar refractivity (Wildman–Crippen MR) is 62.1 cm³/mol. The van der Waals surface area contributed by atoms with E-state index >= 15 is 0 Å². The normalized spacial score (nSPS) is 50.1. The second-order valence-electron chi connectivity index (χ2n) is 6.83. The Morgan fingerprint density at radius 2 is 2.00 bits per heavy atom. The summed E-state index contributed by atoms with van der Waals surface area (Å²) >= 11 is 0. The lowest BCUT2D eigenvalue weighted by atomic mass is 9.53. The summed E-state index contributed by atoms with van der Waals surface area (Å²) < 4.78 is 5.37. The van der Waals surface area contributed by atoms with Crippen LogP contribution in [0.2, 0.25) is 0 Å². The van der Waals surface area contributed by atoms with Crippen LogP contribution in [0.5, 0.6) is 0 Å². The van der Waals surface area contributed by atoms with Crippen molar-refractivity contribution in [1.82, 2.24) is 5.32 Å². The molecule has 1 aliphatic carbocycles. The van der Waals surface area contributed by atoms with Crippen molar-refractivity contribution < 1.29 is 4.74 Å². The van der Waals surface area contributed by atoms with Gasteiger partial charge in [-0.05, 0) is 44.4 Å². The first kappa shape index (κ1) is 9.86. The van der Waals surface area contributed by atoms with Crippen molar-refractivity contribution in [2.24, 2.45) is 17.1 Å². The highest BCUT2D eigenvalue weighted by Crippen LogP contribution is 2.58. The summed E-state index contributed by atoms with van der Waals surface area (Å²) in [5.41, 5.74) is 7.22. The molecule has 0 aromatic carbocycles. The first-order valence-electron chi connectivity index (χ1n) is 6.81. The molecule has 3 nitrogen and oxygen atoms in total. The van der Waals surface area contributed by atoms with Crippen LogP contribution >= 0.6 is 0 Å². The standard InChI is InChI=1S/C13H22N2O/c14-10-3-11-1-2-13(6-10,15-11)9-4-12(5-9)7-16-8-12/h9-11,15H,1-8,14H2. The van der Waals surface area contributed by atoms with Gasteiger partial charge in [0.2, 0.25) is 0 Å². The van der Waals surface area contributed by atoms with Crippen molar-refractivity contribution in [2.45, 2.75) is 56.1 Å². The maximum atomic E-state index is 6.21. The van der Waals surface area contributed by atoms with Crippen LogP contribution in [0.25, 0.3) is 0 Å². The zero-order valence-corrected chi connectivity index (χ0v) is 9.87. The molecule has 3 atom stereocenters. The zero-order valence-electron chi connectivity index (χ0n) is 9.87. The van der Waals surface area contributed by atoms with Crippen LogP contribution in [-0.2, 0) is 4.74 Å².